The van der Waals surface area contributed by atoms with Crippen molar-refractivity contribution in [3.63, 3.8) is 0 Å². The largest absolute Gasteiger partial charge is 0.441 e. The van der Waals surface area contributed by atoms with E-state index in [0.29, 0.717) is 5.56 Å². The van der Waals surface area contributed by atoms with Gasteiger partial charge in [0.25, 0.3) is 5.69 Å². The highest BCUT2D eigenvalue weighted by Gasteiger charge is 2.20. The number of amides is 1. The lowest BCUT2D eigenvalue weighted by Gasteiger charge is -2.23. The molecule has 1 aromatic carbocycles. The molecule has 9 heteroatoms. The van der Waals surface area contributed by atoms with Crippen LogP contribution in [0.15, 0.2) is 29.4 Å². The summed E-state index contributed by atoms with van der Waals surface area (Å²) in [4.78, 5) is 24.5. The highest BCUT2D eigenvalue weighted by Crippen LogP contribution is 2.22. The van der Waals surface area contributed by atoms with Crippen molar-refractivity contribution >= 4 is 11.8 Å². The van der Waals surface area contributed by atoms with E-state index >= 15 is 0 Å². The molecule has 118 valence electrons. The summed E-state index contributed by atoms with van der Waals surface area (Å²) in [6.45, 7) is 5.28. The zero-order chi connectivity index (χ0) is 16.8. The molecule has 0 radical (unpaired) electrons. The number of nitrogens with zero attached hydrogens (tertiary/aromatic N) is 4. The maximum absolute atomic E-state index is 11.8. The van der Waals surface area contributed by atoms with Gasteiger partial charge in [0.1, 0.15) is 6.10 Å². The molecule has 1 rings (SSSR count). The second-order valence-electron chi connectivity index (χ2n) is 5.53. The molecule has 0 spiro atoms. The van der Waals surface area contributed by atoms with E-state index in [4.69, 9.17) is 10.3 Å². The molecule has 22 heavy (non-hydrogen) atoms. The summed E-state index contributed by atoms with van der Waals surface area (Å²) < 4.78 is 5.23. The second-order valence-corrected chi connectivity index (χ2v) is 5.53. The number of azide groups is 1. The van der Waals surface area contributed by atoms with Gasteiger partial charge >= 0.3 is 6.09 Å². The van der Waals surface area contributed by atoms with E-state index in [1.54, 1.807) is 20.8 Å². The van der Waals surface area contributed by atoms with Gasteiger partial charge in [-0.1, -0.05) is 5.11 Å². The Morgan fingerprint density at radius 2 is 2.05 bits per heavy atom. The van der Waals surface area contributed by atoms with Gasteiger partial charge in [-0.3, -0.25) is 10.1 Å². The number of nitro groups is 1. The number of rotatable bonds is 5. The van der Waals surface area contributed by atoms with E-state index in [-0.39, 0.29) is 12.2 Å². The van der Waals surface area contributed by atoms with E-state index < -0.39 is 22.7 Å². The zero-order valence-electron chi connectivity index (χ0n) is 12.5. The van der Waals surface area contributed by atoms with Crippen molar-refractivity contribution in [2.75, 3.05) is 6.54 Å². The number of hydrogen-bond acceptors (Lipinski definition) is 5. The van der Waals surface area contributed by atoms with Crippen molar-refractivity contribution < 1.29 is 14.5 Å². The molecule has 0 aromatic heterocycles. The van der Waals surface area contributed by atoms with Gasteiger partial charge in [0.15, 0.2) is 0 Å². The minimum atomic E-state index is -0.820. The van der Waals surface area contributed by atoms with Crippen molar-refractivity contribution in [2.45, 2.75) is 32.4 Å². The fourth-order valence-corrected chi connectivity index (χ4v) is 1.60. The molecule has 1 amide bonds. The number of nitro benzene ring substituents is 1. The Balaban J connectivity index is 2.90. The number of nitrogens with one attached hydrogen (secondary N) is 1. The first-order valence-corrected chi connectivity index (χ1v) is 6.47. The average molecular weight is 307 g/mol. The maximum Gasteiger partial charge on any atom is 0.408 e. The highest BCUT2D eigenvalue weighted by atomic mass is 16.6. The average Bonchev–Trinajstić information content (AvgIpc) is 2.41. The van der Waals surface area contributed by atoms with Crippen LogP contribution in [0.2, 0.25) is 0 Å². The molecule has 1 unspecified atom stereocenters. The predicted octanol–water partition coefficient (Wildman–Crippen LogP) is 3.47. The molecule has 1 atom stereocenters. The van der Waals surface area contributed by atoms with Crippen LogP contribution < -0.4 is 5.32 Å². The van der Waals surface area contributed by atoms with Crippen LogP contribution in [-0.2, 0) is 4.74 Å². The van der Waals surface area contributed by atoms with E-state index in [0.717, 1.165) is 0 Å². The topological polar surface area (TPSA) is 130 Å². The van der Waals surface area contributed by atoms with Crippen molar-refractivity contribution in [1.82, 2.24) is 5.32 Å². The number of carbonyl (C=O) groups is 1. The molecule has 0 saturated heterocycles. The second kappa shape index (κ2) is 7.28. The zero-order valence-corrected chi connectivity index (χ0v) is 12.5. The number of benzene rings is 1. The Kier molecular flexibility index (Phi) is 5.71. The Bertz CT molecular complexity index is 587. The number of carbonyl (C=O) groups excluding carboxylic acids is 1. The van der Waals surface area contributed by atoms with Crippen LogP contribution in [0, 0.1) is 10.1 Å². The fraction of sp³-hybridized carbons (Fsp3) is 0.462. The van der Waals surface area contributed by atoms with Gasteiger partial charge in [0, 0.05) is 22.6 Å². The molecular formula is C13H17N5O4. The van der Waals surface area contributed by atoms with E-state index in [9.17, 15) is 14.9 Å². The van der Waals surface area contributed by atoms with Crippen LogP contribution in [-0.4, -0.2) is 23.1 Å². The standard InChI is InChI=1S/C13H17N5O4/c1-13(2,3)16-12(19)22-11(8-15-17-14)9-4-6-10(7-5-9)18(20)21/h4-7,11H,8H2,1-3H3,(H,16,19). The summed E-state index contributed by atoms with van der Waals surface area (Å²) >= 11 is 0. The van der Waals surface area contributed by atoms with E-state index in [1.807, 2.05) is 0 Å². The lowest BCUT2D eigenvalue weighted by atomic mass is 10.1. The molecule has 9 nitrogen and oxygen atoms in total. The van der Waals surface area contributed by atoms with Crippen molar-refractivity contribution in [1.29, 1.82) is 0 Å². The van der Waals surface area contributed by atoms with E-state index in [2.05, 4.69) is 15.3 Å². The number of non-ortho nitro benzene ring substituents is 1. The summed E-state index contributed by atoms with van der Waals surface area (Å²) in [5.41, 5.74) is 8.36. The Morgan fingerprint density at radius 3 is 2.50 bits per heavy atom. The van der Waals surface area contributed by atoms with Gasteiger partial charge in [0.2, 0.25) is 0 Å². The molecule has 0 bridgehead atoms. The third kappa shape index (κ3) is 5.68. The lowest BCUT2D eigenvalue weighted by Crippen LogP contribution is -2.41. The predicted molar refractivity (Wildman–Crippen MR) is 79.2 cm³/mol. The summed E-state index contributed by atoms with van der Waals surface area (Å²) in [5, 5.41) is 16.7. The first kappa shape index (κ1) is 17.3. The molecule has 0 saturated carbocycles. The fourth-order valence-electron chi connectivity index (χ4n) is 1.60. The molecule has 0 aliphatic carbocycles. The first-order valence-electron chi connectivity index (χ1n) is 6.47. The number of alkyl carbamates (subject to hydrolysis) is 1. The SMILES string of the molecule is CC(C)(C)NC(=O)OC(CN=[N+]=[N-])c1ccc([N+](=O)[O-])cc1. The van der Waals surface area contributed by atoms with Crippen molar-refractivity contribution in [3.05, 3.63) is 50.4 Å². The molecule has 0 aliphatic rings. The smallest absolute Gasteiger partial charge is 0.408 e. The van der Waals surface area contributed by atoms with Gasteiger partial charge < -0.3 is 10.1 Å². The van der Waals surface area contributed by atoms with Crippen molar-refractivity contribution in [2.24, 2.45) is 5.11 Å². The monoisotopic (exact) mass is 307 g/mol. The highest BCUT2D eigenvalue weighted by molar-refractivity contribution is 5.68. The van der Waals surface area contributed by atoms with Gasteiger partial charge in [-0.2, -0.15) is 0 Å². The van der Waals surface area contributed by atoms with Gasteiger partial charge in [-0.15, -0.1) is 0 Å². The molecule has 0 heterocycles. The third-order valence-electron chi connectivity index (χ3n) is 2.51. The maximum atomic E-state index is 11.8. The minimum Gasteiger partial charge on any atom is -0.441 e. The molecule has 1 N–H and O–H groups in total. The van der Waals surface area contributed by atoms with E-state index in [1.165, 1.54) is 24.3 Å². The Hall–Kier alpha value is -2.80. The number of ether oxygens (including phenoxy) is 1. The molecule has 0 fully saturated rings. The minimum absolute atomic E-state index is 0.0783. The summed E-state index contributed by atoms with van der Waals surface area (Å²) in [7, 11) is 0. The summed E-state index contributed by atoms with van der Waals surface area (Å²) in [5.74, 6) is 0. The van der Waals surface area contributed by atoms with Crippen LogP contribution in [0.25, 0.3) is 10.4 Å². The Labute approximate surface area is 127 Å². The lowest BCUT2D eigenvalue weighted by molar-refractivity contribution is -0.384. The summed E-state index contributed by atoms with van der Waals surface area (Å²) in [6, 6.07) is 5.51. The van der Waals surface area contributed by atoms with Gasteiger partial charge in [0.05, 0.1) is 11.5 Å². The molecule has 0 aliphatic heterocycles. The molecule has 1 aromatic rings. The van der Waals surface area contributed by atoms with Crippen LogP contribution in [0.5, 0.6) is 0 Å². The van der Waals surface area contributed by atoms with Crippen LogP contribution in [0.3, 0.4) is 0 Å². The van der Waals surface area contributed by atoms with Gasteiger partial charge in [-0.25, -0.2) is 4.79 Å². The number of hydrogen-bond donors (Lipinski definition) is 1. The van der Waals surface area contributed by atoms with Gasteiger partial charge in [-0.05, 0) is 44.0 Å². The molecular weight excluding hydrogens is 290 g/mol. The van der Waals surface area contributed by atoms with Crippen molar-refractivity contribution in [3.8, 4) is 0 Å². The third-order valence-corrected chi connectivity index (χ3v) is 2.51. The summed E-state index contributed by atoms with van der Waals surface area (Å²) in [6.07, 6.45) is -1.48. The van der Waals surface area contributed by atoms with Crippen LogP contribution >= 0.6 is 0 Å². The van der Waals surface area contributed by atoms with Crippen LogP contribution in [0.1, 0.15) is 32.4 Å². The quantitative estimate of drug-likeness (QED) is 0.293. The Morgan fingerprint density at radius 1 is 1.45 bits per heavy atom. The first-order chi connectivity index (χ1) is 10.2. The normalized spacial score (nSPS) is 12.0. The van der Waals surface area contributed by atoms with Crippen LogP contribution in [0.4, 0.5) is 10.5 Å².